The van der Waals surface area contributed by atoms with Gasteiger partial charge in [0.05, 0.1) is 0 Å². The molecule has 2 unspecified atom stereocenters. The highest BCUT2D eigenvalue weighted by Gasteiger charge is 2.57. The van der Waals surface area contributed by atoms with Gasteiger partial charge < -0.3 is 10.6 Å². The first kappa shape index (κ1) is 13.6. The summed E-state index contributed by atoms with van der Waals surface area (Å²) < 4.78 is 0. The fraction of sp³-hybridized carbons (Fsp3) is 0.588. The van der Waals surface area contributed by atoms with Crippen LogP contribution in [0.5, 0.6) is 0 Å². The van der Waals surface area contributed by atoms with E-state index in [-0.39, 0.29) is 0 Å². The molecule has 0 saturated heterocycles. The minimum absolute atomic E-state index is 0.324. The minimum atomic E-state index is 0.324. The molecular formula is C17H24N2O. The second kappa shape index (κ2) is 5.96. The van der Waals surface area contributed by atoms with Gasteiger partial charge in [-0.15, -0.1) is 0 Å². The highest BCUT2D eigenvalue weighted by Crippen LogP contribution is 2.58. The van der Waals surface area contributed by atoms with Crippen LogP contribution < -0.4 is 5.73 Å². The number of hydrogen-bond donors (Lipinski definition) is 1. The van der Waals surface area contributed by atoms with E-state index in [1.54, 1.807) is 0 Å². The van der Waals surface area contributed by atoms with Crippen LogP contribution in [-0.2, 0) is 11.3 Å². The van der Waals surface area contributed by atoms with Crippen LogP contribution in [0, 0.1) is 17.8 Å². The highest BCUT2D eigenvalue weighted by molar-refractivity contribution is 5.82. The zero-order valence-corrected chi connectivity index (χ0v) is 12.0. The first-order valence-electron chi connectivity index (χ1n) is 7.84. The summed E-state index contributed by atoms with van der Waals surface area (Å²) in [6.07, 6.45) is 4.73. The van der Waals surface area contributed by atoms with Crippen LogP contribution in [-0.4, -0.2) is 23.9 Å². The van der Waals surface area contributed by atoms with E-state index in [1.165, 1.54) is 24.8 Å². The van der Waals surface area contributed by atoms with Crippen LogP contribution in [0.4, 0.5) is 0 Å². The van der Waals surface area contributed by atoms with E-state index in [1.807, 2.05) is 23.1 Å². The topological polar surface area (TPSA) is 46.3 Å². The number of amides is 1. The smallest absolute Gasteiger partial charge is 0.226 e. The predicted molar refractivity (Wildman–Crippen MR) is 79.9 cm³/mol. The molecule has 1 aromatic rings. The van der Waals surface area contributed by atoms with E-state index in [2.05, 4.69) is 12.1 Å². The molecule has 2 aliphatic carbocycles. The van der Waals surface area contributed by atoms with Crippen molar-refractivity contribution in [1.82, 2.24) is 4.90 Å². The molecular weight excluding hydrogens is 248 g/mol. The lowest BCUT2D eigenvalue weighted by Crippen LogP contribution is -2.34. The van der Waals surface area contributed by atoms with E-state index < -0.39 is 0 Å². The summed E-state index contributed by atoms with van der Waals surface area (Å²) in [6.45, 7) is 2.17. The second-order valence-corrected chi connectivity index (χ2v) is 6.17. The number of rotatable bonds is 6. The van der Waals surface area contributed by atoms with Crippen molar-refractivity contribution in [3.05, 3.63) is 35.9 Å². The van der Waals surface area contributed by atoms with E-state index in [4.69, 9.17) is 5.73 Å². The Morgan fingerprint density at radius 2 is 1.90 bits per heavy atom. The molecule has 2 aliphatic rings. The molecule has 3 heteroatoms. The molecule has 108 valence electrons. The zero-order valence-electron chi connectivity index (χ0n) is 12.0. The van der Waals surface area contributed by atoms with Crippen LogP contribution >= 0.6 is 0 Å². The molecule has 3 rings (SSSR count). The zero-order chi connectivity index (χ0) is 13.9. The third-order valence-corrected chi connectivity index (χ3v) is 4.85. The summed E-state index contributed by atoms with van der Waals surface area (Å²) in [5, 5.41) is 0. The lowest BCUT2D eigenvalue weighted by atomic mass is 10.1. The number of carbonyl (C=O) groups is 1. The van der Waals surface area contributed by atoms with Crippen LogP contribution in [0.25, 0.3) is 0 Å². The van der Waals surface area contributed by atoms with Gasteiger partial charge in [0, 0.05) is 19.0 Å². The maximum Gasteiger partial charge on any atom is 0.226 e. The number of carbonyl (C=O) groups excluding carboxylic acids is 1. The molecule has 2 atom stereocenters. The van der Waals surface area contributed by atoms with Gasteiger partial charge in [-0.3, -0.25) is 4.79 Å². The number of nitrogens with two attached hydrogens (primary N) is 1. The Morgan fingerprint density at radius 3 is 2.55 bits per heavy atom. The van der Waals surface area contributed by atoms with Crippen molar-refractivity contribution in [2.24, 2.45) is 23.5 Å². The first-order chi connectivity index (χ1) is 9.81. The van der Waals surface area contributed by atoms with Crippen LogP contribution in [0.1, 0.15) is 31.2 Å². The number of nitrogens with zero attached hydrogens (tertiary/aromatic N) is 1. The molecule has 0 bridgehead atoms. The van der Waals surface area contributed by atoms with Crippen LogP contribution in [0.2, 0.25) is 0 Å². The molecule has 0 aromatic heterocycles. The predicted octanol–water partition coefficient (Wildman–Crippen LogP) is 2.41. The molecule has 0 aliphatic heterocycles. The third kappa shape index (κ3) is 2.73. The van der Waals surface area contributed by atoms with Crippen molar-refractivity contribution in [3.63, 3.8) is 0 Å². The maximum absolute atomic E-state index is 12.7. The van der Waals surface area contributed by atoms with Gasteiger partial charge in [0.1, 0.15) is 0 Å². The maximum atomic E-state index is 12.7. The average molecular weight is 272 g/mol. The molecule has 1 amide bonds. The van der Waals surface area contributed by atoms with Gasteiger partial charge >= 0.3 is 0 Å². The summed E-state index contributed by atoms with van der Waals surface area (Å²) >= 11 is 0. The largest absolute Gasteiger partial charge is 0.338 e. The van der Waals surface area contributed by atoms with Crippen LogP contribution in [0.15, 0.2) is 30.3 Å². The van der Waals surface area contributed by atoms with Gasteiger partial charge in [-0.2, -0.15) is 0 Å². The molecule has 2 N–H and O–H groups in total. The Hall–Kier alpha value is -1.35. The van der Waals surface area contributed by atoms with Crippen LogP contribution in [0.3, 0.4) is 0 Å². The number of hydrogen-bond acceptors (Lipinski definition) is 2. The van der Waals surface area contributed by atoms with E-state index in [9.17, 15) is 4.79 Å². The van der Waals surface area contributed by atoms with Crippen molar-refractivity contribution in [1.29, 1.82) is 0 Å². The molecule has 1 aromatic carbocycles. The third-order valence-electron chi connectivity index (χ3n) is 4.85. The van der Waals surface area contributed by atoms with Gasteiger partial charge in [-0.25, -0.2) is 0 Å². The minimum Gasteiger partial charge on any atom is -0.338 e. The van der Waals surface area contributed by atoms with Crippen molar-refractivity contribution in [2.45, 2.75) is 32.2 Å². The quantitative estimate of drug-likeness (QED) is 0.864. The Bertz CT molecular complexity index is 449. The van der Waals surface area contributed by atoms with E-state index >= 15 is 0 Å². The standard InChI is InChI=1S/C17H24N2O/c18-10-5-11-19(12-13-6-2-1-3-7-13)17(20)16-14-8-4-9-15(14)16/h1-3,6-7,14-16H,4-5,8-12,18H2. The first-order valence-corrected chi connectivity index (χ1v) is 7.84. The average Bonchev–Trinajstić information content (AvgIpc) is 2.96. The van der Waals surface area contributed by atoms with E-state index in [0.717, 1.165) is 19.5 Å². The monoisotopic (exact) mass is 272 g/mol. The van der Waals surface area contributed by atoms with Crippen molar-refractivity contribution in [2.75, 3.05) is 13.1 Å². The van der Waals surface area contributed by atoms with Crippen molar-refractivity contribution in [3.8, 4) is 0 Å². The van der Waals surface area contributed by atoms with Crippen molar-refractivity contribution >= 4 is 5.91 Å². The number of benzene rings is 1. The molecule has 3 nitrogen and oxygen atoms in total. The highest BCUT2D eigenvalue weighted by atomic mass is 16.2. The molecule has 2 saturated carbocycles. The normalized spacial score (nSPS) is 27.1. The Balaban J connectivity index is 1.64. The van der Waals surface area contributed by atoms with Gasteiger partial charge in [-0.1, -0.05) is 36.8 Å². The fourth-order valence-corrected chi connectivity index (χ4v) is 3.75. The van der Waals surface area contributed by atoms with E-state index in [0.29, 0.717) is 30.2 Å². The summed E-state index contributed by atoms with van der Waals surface area (Å²) in [7, 11) is 0. The van der Waals surface area contributed by atoms with Gasteiger partial charge in [0.25, 0.3) is 0 Å². The summed E-state index contributed by atoms with van der Waals surface area (Å²) in [5.74, 6) is 2.08. The summed E-state index contributed by atoms with van der Waals surface area (Å²) in [6, 6.07) is 10.3. The fourth-order valence-electron chi connectivity index (χ4n) is 3.75. The lowest BCUT2D eigenvalue weighted by Gasteiger charge is -2.23. The Morgan fingerprint density at radius 1 is 1.20 bits per heavy atom. The SMILES string of the molecule is NCCCN(Cc1ccccc1)C(=O)C1C2CCCC21. The van der Waals surface area contributed by atoms with Gasteiger partial charge in [0.2, 0.25) is 5.91 Å². The Labute approximate surface area is 121 Å². The second-order valence-electron chi connectivity index (χ2n) is 6.17. The molecule has 0 radical (unpaired) electrons. The molecule has 20 heavy (non-hydrogen) atoms. The molecule has 0 spiro atoms. The summed E-state index contributed by atoms with van der Waals surface area (Å²) in [5.41, 5.74) is 6.83. The summed E-state index contributed by atoms with van der Waals surface area (Å²) in [4.78, 5) is 14.7. The number of fused-ring (bicyclic) bond motifs is 1. The van der Waals surface area contributed by atoms with Crippen molar-refractivity contribution < 1.29 is 4.79 Å². The molecule has 2 fully saturated rings. The van der Waals surface area contributed by atoms with Gasteiger partial charge in [0.15, 0.2) is 0 Å². The lowest BCUT2D eigenvalue weighted by molar-refractivity contribution is -0.134. The Kier molecular flexibility index (Phi) is 4.06. The molecule has 0 heterocycles. The van der Waals surface area contributed by atoms with Gasteiger partial charge in [-0.05, 0) is 43.2 Å².